The van der Waals surface area contributed by atoms with Crippen molar-refractivity contribution in [2.24, 2.45) is 0 Å². The molecule has 3 rings (SSSR count). The summed E-state index contributed by atoms with van der Waals surface area (Å²) in [4.78, 5) is 0. The zero-order valence-electron chi connectivity index (χ0n) is 12.0. The second-order valence-electron chi connectivity index (χ2n) is 5.20. The Balaban J connectivity index is 1.75. The van der Waals surface area contributed by atoms with Gasteiger partial charge in [-0.25, -0.2) is 0 Å². The van der Waals surface area contributed by atoms with Crippen LogP contribution in [0.25, 0.3) is 10.8 Å². The fourth-order valence-electron chi connectivity index (χ4n) is 2.40. The van der Waals surface area contributed by atoms with E-state index in [4.69, 9.17) is 4.74 Å². The number of hydrogen-bond acceptors (Lipinski definition) is 2. The van der Waals surface area contributed by atoms with Gasteiger partial charge in [-0.1, -0.05) is 54.6 Å². The van der Waals surface area contributed by atoms with Crippen molar-refractivity contribution in [2.45, 2.75) is 13.0 Å². The maximum Gasteiger partial charge on any atom is 0.122 e. The Morgan fingerprint density at radius 2 is 1.62 bits per heavy atom. The van der Waals surface area contributed by atoms with Gasteiger partial charge in [-0.05, 0) is 41.0 Å². The first-order chi connectivity index (χ1) is 10.2. The first-order valence-electron chi connectivity index (χ1n) is 7.09. The van der Waals surface area contributed by atoms with Crippen LogP contribution in [0.15, 0.2) is 66.7 Å². The molecule has 0 aliphatic heterocycles. The molecular formula is C19H18O2. The first-order valence-corrected chi connectivity index (χ1v) is 7.09. The van der Waals surface area contributed by atoms with Crippen molar-refractivity contribution in [1.29, 1.82) is 0 Å². The third kappa shape index (κ3) is 3.06. The monoisotopic (exact) mass is 278 g/mol. The van der Waals surface area contributed by atoms with Crippen molar-refractivity contribution < 1.29 is 9.84 Å². The molecule has 0 aliphatic rings. The second-order valence-corrected chi connectivity index (χ2v) is 5.20. The molecule has 0 aromatic heterocycles. The average molecular weight is 278 g/mol. The Kier molecular flexibility index (Phi) is 3.89. The highest BCUT2D eigenvalue weighted by molar-refractivity contribution is 5.83. The Labute approximate surface area is 124 Å². The van der Waals surface area contributed by atoms with E-state index in [-0.39, 0.29) is 6.61 Å². The van der Waals surface area contributed by atoms with E-state index in [9.17, 15) is 5.11 Å². The number of aliphatic hydroxyl groups is 1. The number of fused-ring (bicyclic) bond motifs is 1. The number of rotatable bonds is 4. The summed E-state index contributed by atoms with van der Waals surface area (Å²) in [5, 5.41) is 12.6. The molecule has 1 atom stereocenters. The van der Waals surface area contributed by atoms with Gasteiger partial charge in [-0.3, -0.25) is 0 Å². The van der Waals surface area contributed by atoms with E-state index in [1.54, 1.807) is 0 Å². The van der Waals surface area contributed by atoms with E-state index in [0.717, 1.165) is 22.3 Å². The Morgan fingerprint density at radius 1 is 0.905 bits per heavy atom. The molecule has 0 saturated heterocycles. The second kappa shape index (κ2) is 5.98. The number of aliphatic hydroxyl groups excluding tert-OH is 1. The van der Waals surface area contributed by atoms with Crippen LogP contribution in [0.3, 0.4) is 0 Å². The quantitative estimate of drug-likeness (QED) is 0.772. The van der Waals surface area contributed by atoms with Crippen LogP contribution >= 0.6 is 0 Å². The highest BCUT2D eigenvalue weighted by Gasteiger charge is 2.10. The van der Waals surface area contributed by atoms with Gasteiger partial charge in [0.1, 0.15) is 18.5 Å². The SMILES string of the molecule is Cc1ccccc1OCC(O)c1ccc2ccccc2c1. The first kappa shape index (κ1) is 13.7. The van der Waals surface area contributed by atoms with E-state index in [1.807, 2.05) is 67.6 Å². The van der Waals surface area contributed by atoms with Crippen molar-refractivity contribution >= 4 is 10.8 Å². The third-order valence-electron chi connectivity index (χ3n) is 3.65. The molecule has 3 aromatic rings. The molecule has 106 valence electrons. The van der Waals surface area contributed by atoms with Crippen LogP contribution in [0.2, 0.25) is 0 Å². The third-order valence-corrected chi connectivity index (χ3v) is 3.65. The molecule has 2 nitrogen and oxygen atoms in total. The predicted molar refractivity (Wildman–Crippen MR) is 85.6 cm³/mol. The van der Waals surface area contributed by atoms with Crippen LogP contribution in [0.4, 0.5) is 0 Å². The molecule has 1 N–H and O–H groups in total. The number of para-hydroxylation sites is 1. The highest BCUT2D eigenvalue weighted by atomic mass is 16.5. The van der Waals surface area contributed by atoms with Crippen LogP contribution in [0, 0.1) is 6.92 Å². The maximum atomic E-state index is 10.3. The van der Waals surface area contributed by atoms with Crippen LogP contribution in [0.5, 0.6) is 5.75 Å². The van der Waals surface area contributed by atoms with E-state index in [1.165, 1.54) is 5.39 Å². The molecule has 21 heavy (non-hydrogen) atoms. The van der Waals surface area contributed by atoms with Crippen molar-refractivity contribution in [3.8, 4) is 5.75 Å². The summed E-state index contributed by atoms with van der Waals surface area (Å²) < 4.78 is 5.72. The van der Waals surface area contributed by atoms with Crippen molar-refractivity contribution in [3.05, 3.63) is 77.9 Å². The fraction of sp³-hybridized carbons (Fsp3) is 0.158. The molecule has 0 radical (unpaired) electrons. The summed E-state index contributed by atoms with van der Waals surface area (Å²) in [5.74, 6) is 0.817. The summed E-state index contributed by atoms with van der Waals surface area (Å²) in [6.07, 6.45) is -0.630. The van der Waals surface area contributed by atoms with Gasteiger partial charge in [-0.15, -0.1) is 0 Å². The van der Waals surface area contributed by atoms with Crippen molar-refractivity contribution in [2.75, 3.05) is 6.61 Å². The molecule has 3 aromatic carbocycles. The molecule has 0 aliphatic carbocycles. The lowest BCUT2D eigenvalue weighted by atomic mass is 10.0. The summed E-state index contributed by atoms with van der Waals surface area (Å²) in [7, 11) is 0. The minimum absolute atomic E-state index is 0.253. The largest absolute Gasteiger partial charge is 0.490 e. The van der Waals surface area contributed by atoms with Crippen LogP contribution in [-0.4, -0.2) is 11.7 Å². The lowest BCUT2D eigenvalue weighted by molar-refractivity contribution is 0.108. The molecule has 0 spiro atoms. The molecule has 2 heteroatoms. The standard InChI is InChI=1S/C19H18O2/c1-14-6-2-5-9-19(14)21-13-18(20)17-11-10-15-7-3-4-8-16(15)12-17/h2-12,18,20H,13H2,1H3. The lowest BCUT2D eigenvalue weighted by Crippen LogP contribution is -2.10. The Bertz CT molecular complexity index is 749. The van der Waals surface area contributed by atoms with Gasteiger partial charge in [0.25, 0.3) is 0 Å². The summed E-state index contributed by atoms with van der Waals surface area (Å²) >= 11 is 0. The smallest absolute Gasteiger partial charge is 0.122 e. The number of ether oxygens (including phenoxy) is 1. The number of hydrogen-bond donors (Lipinski definition) is 1. The molecular weight excluding hydrogens is 260 g/mol. The van der Waals surface area contributed by atoms with Gasteiger partial charge in [-0.2, -0.15) is 0 Å². The molecule has 1 unspecified atom stereocenters. The van der Waals surface area contributed by atoms with E-state index in [0.29, 0.717) is 0 Å². The molecule has 0 amide bonds. The minimum atomic E-state index is -0.630. The topological polar surface area (TPSA) is 29.5 Å². The zero-order valence-corrected chi connectivity index (χ0v) is 12.0. The van der Waals surface area contributed by atoms with Gasteiger partial charge in [0, 0.05) is 0 Å². The Morgan fingerprint density at radius 3 is 2.43 bits per heavy atom. The normalized spacial score (nSPS) is 12.3. The molecule has 0 fully saturated rings. The van der Waals surface area contributed by atoms with E-state index >= 15 is 0 Å². The minimum Gasteiger partial charge on any atom is -0.490 e. The maximum absolute atomic E-state index is 10.3. The summed E-state index contributed by atoms with van der Waals surface area (Å²) in [5.41, 5.74) is 1.95. The zero-order chi connectivity index (χ0) is 14.7. The number of aryl methyl sites for hydroxylation is 1. The molecule has 0 heterocycles. The van der Waals surface area contributed by atoms with Gasteiger partial charge < -0.3 is 9.84 Å². The summed E-state index contributed by atoms with van der Waals surface area (Å²) in [6, 6.07) is 22.0. The van der Waals surface area contributed by atoms with Gasteiger partial charge >= 0.3 is 0 Å². The van der Waals surface area contributed by atoms with Crippen molar-refractivity contribution in [3.63, 3.8) is 0 Å². The molecule has 0 bridgehead atoms. The fourth-order valence-corrected chi connectivity index (χ4v) is 2.40. The van der Waals surface area contributed by atoms with E-state index < -0.39 is 6.10 Å². The van der Waals surface area contributed by atoms with Gasteiger partial charge in [0.15, 0.2) is 0 Å². The lowest BCUT2D eigenvalue weighted by Gasteiger charge is -2.14. The average Bonchev–Trinajstić information content (AvgIpc) is 2.53. The Hall–Kier alpha value is -2.32. The van der Waals surface area contributed by atoms with E-state index in [2.05, 4.69) is 6.07 Å². The highest BCUT2D eigenvalue weighted by Crippen LogP contribution is 2.22. The summed E-state index contributed by atoms with van der Waals surface area (Å²) in [6.45, 7) is 2.25. The predicted octanol–water partition coefficient (Wildman–Crippen LogP) is 4.26. The van der Waals surface area contributed by atoms with Crippen LogP contribution < -0.4 is 4.74 Å². The van der Waals surface area contributed by atoms with Gasteiger partial charge in [0.2, 0.25) is 0 Å². The van der Waals surface area contributed by atoms with Gasteiger partial charge in [0.05, 0.1) is 0 Å². The van der Waals surface area contributed by atoms with Crippen LogP contribution in [0.1, 0.15) is 17.2 Å². The molecule has 0 saturated carbocycles. The van der Waals surface area contributed by atoms with Crippen molar-refractivity contribution in [1.82, 2.24) is 0 Å². The van der Waals surface area contributed by atoms with Crippen LogP contribution in [-0.2, 0) is 0 Å². The number of benzene rings is 3.